The molecule has 0 aromatic carbocycles. The van der Waals surface area contributed by atoms with Gasteiger partial charge in [-0.05, 0) is 20.8 Å². The van der Waals surface area contributed by atoms with Crippen LogP contribution in [0.4, 0.5) is 0 Å². The number of hydrogen-bond donors (Lipinski definition) is 0. The van der Waals surface area contributed by atoms with E-state index in [0.717, 1.165) is 12.1 Å². The lowest BCUT2D eigenvalue weighted by Crippen LogP contribution is -2.32. The predicted molar refractivity (Wildman–Crippen MR) is 40.6 cm³/mol. The molecule has 0 saturated carbocycles. The van der Waals surface area contributed by atoms with Crippen molar-refractivity contribution in [3.05, 3.63) is 11.6 Å². The van der Waals surface area contributed by atoms with Crippen LogP contribution < -0.4 is 0 Å². The topological polar surface area (TPSA) is 20.3 Å². The monoisotopic (exact) mass is 139 g/mol. The number of likely N-dealkylation sites (N-methyl/N-ethyl adjacent to an activating group) is 1. The predicted octanol–water partition coefficient (Wildman–Crippen LogP) is 1.18. The molecule has 10 heavy (non-hydrogen) atoms. The van der Waals surface area contributed by atoms with Crippen molar-refractivity contribution < 1.29 is 4.79 Å². The number of nitrogens with zero attached hydrogens (tertiary/aromatic N) is 1. The highest BCUT2D eigenvalue weighted by Gasteiger charge is 2.24. The number of rotatable bonds is 1. The zero-order valence-electron chi connectivity index (χ0n) is 6.72. The third-order valence-corrected chi connectivity index (χ3v) is 1.92. The second-order valence-electron chi connectivity index (χ2n) is 2.68. The molecule has 2 nitrogen and oxygen atoms in total. The highest BCUT2D eigenvalue weighted by Crippen LogP contribution is 2.15. The quantitative estimate of drug-likeness (QED) is 0.534. The molecule has 0 bridgehead atoms. The molecule has 1 rings (SSSR count). The fraction of sp³-hybridized carbons (Fsp3) is 0.625. The smallest absolute Gasteiger partial charge is 0.249 e. The van der Waals surface area contributed by atoms with Gasteiger partial charge in [0.2, 0.25) is 5.91 Å². The molecular formula is C8H13NO. The Labute approximate surface area is 61.5 Å². The van der Waals surface area contributed by atoms with Gasteiger partial charge in [0, 0.05) is 18.2 Å². The average molecular weight is 139 g/mol. The molecule has 2 heteroatoms. The highest BCUT2D eigenvalue weighted by atomic mass is 16.2. The molecule has 0 N–H and O–H groups in total. The summed E-state index contributed by atoms with van der Waals surface area (Å²) in [6.45, 7) is 6.72. The average Bonchev–Trinajstić information content (AvgIpc) is 2.09. The van der Waals surface area contributed by atoms with Crippen molar-refractivity contribution in [2.75, 3.05) is 6.54 Å². The molecule has 1 unspecified atom stereocenters. The molecule has 1 atom stereocenters. The van der Waals surface area contributed by atoms with E-state index < -0.39 is 0 Å². The number of amides is 1. The molecule has 0 aromatic heterocycles. The van der Waals surface area contributed by atoms with Gasteiger partial charge in [-0.1, -0.05) is 6.08 Å². The van der Waals surface area contributed by atoms with Crippen molar-refractivity contribution in [1.29, 1.82) is 0 Å². The lowest BCUT2D eigenvalue weighted by atomic mass is 10.3. The zero-order chi connectivity index (χ0) is 7.72. The molecule has 1 aliphatic heterocycles. The maximum atomic E-state index is 11.2. The van der Waals surface area contributed by atoms with E-state index in [4.69, 9.17) is 0 Å². The van der Waals surface area contributed by atoms with Gasteiger partial charge >= 0.3 is 0 Å². The minimum Gasteiger partial charge on any atom is -0.333 e. The van der Waals surface area contributed by atoms with Gasteiger partial charge in [0.1, 0.15) is 0 Å². The van der Waals surface area contributed by atoms with Crippen LogP contribution in [0, 0.1) is 0 Å². The van der Waals surface area contributed by atoms with E-state index in [9.17, 15) is 4.79 Å². The maximum absolute atomic E-state index is 11.2. The van der Waals surface area contributed by atoms with Crippen LogP contribution in [0.1, 0.15) is 20.8 Å². The second-order valence-corrected chi connectivity index (χ2v) is 2.68. The lowest BCUT2D eigenvalue weighted by molar-refractivity contribution is -0.126. The fourth-order valence-corrected chi connectivity index (χ4v) is 1.37. The highest BCUT2D eigenvalue weighted by molar-refractivity contribution is 5.95. The molecule has 1 aliphatic rings. The van der Waals surface area contributed by atoms with Crippen LogP contribution in [0.15, 0.2) is 11.6 Å². The van der Waals surface area contributed by atoms with Crippen LogP contribution >= 0.6 is 0 Å². The molecule has 1 heterocycles. The largest absolute Gasteiger partial charge is 0.333 e. The van der Waals surface area contributed by atoms with Crippen molar-refractivity contribution in [2.45, 2.75) is 26.8 Å². The van der Waals surface area contributed by atoms with Gasteiger partial charge in [-0.3, -0.25) is 4.79 Å². The molecule has 1 amide bonds. The molecule has 0 aliphatic carbocycles. The Morgan fingerprint density at radius 3 is 2.50 bits per heavy atom. The summed E-state index contributed by atoms with van der Waals surface area (Å²) in [5.74, 6) is 0.190. The molecule has 56 valence electrons. The molecule has 0 aromatic rings. The van der Waals surface area contributed by atoms with Gasteiger partial charge in [0.15, 0.2) is 0 Å². The van der Waals surface area contributed by atoms with Crippen LogP contribution in [0.2, 0.25) is 0 Å². The van der Waals surface area contributed by atoms with Crippen LogP contribution in [0.5, 0.6) is 0 Å². The summed E-state index contributed by atoms with van der Waals surface area (Å²) in [6.07, 6.45) is 2.01. The minimum atomic E-state index is 0.190. The first-order chi connectivity index (χ1) is 4.66. The Morgan fingerprint density at radius 1 is 1.70 bits per heavy atom. The first-order valence-electron chi connectivity index (χ1n) is 3.66. The van der Waals surface area contributed by atoms with Crippen LogP contribution in [0.3, 0.4) is 0 Å². The zero-order valence-corrected chi connectivity index (χ0v) is 6.72. The Hall–Kier alpha value is -0.790. The van der Waals surface area contributed by atoms with Crippen LogP contribution in [-0.2, 0) is 4.79 Å². The summed E-state index contributed by atoms with van der Waals surface area (Å²) < 4.78 is 0. The summed E-state index contributed by atoms with van der Waals surface area (Å²) in [5, 5.41) is 0. The van der Waals surface area contributed by atoms with Gasteiger partial charge in [-0.15, -0.1) is 0 Å². The van der Waals surface area contributed by atoms with E-state index in [0.29, 0.717) is 6.04 Å². The number of carbonyl (C=O) groups excluding carboxylic acids is 1. The van der Waals surface area contributed by atoms with Gasteiger partial charge < -0.3 is 4.90 Å². The van der Waals surface area contributed by atoms with E-state index in [1.54, 1.807) is 0 Å². The number of hydrogen-bond acceptors (Lipinski definition) is 1. The molecule has 0 saturated heterocycles. The molecule has 0 fully saturated rings. The normalized spacial score (nSPS) is 25.5. The second kappa shape index (κ2) is 2.45. The van der Waals surface area contributed by atoms with E-state index in [1.807, 2.05) is 31.7 Å². The van der Waals surface area contributed by atoms with E-state index >= 15 is 0 Å². The summed E-state index contributed by atoms with van der Waals surface area (Å²) in [7, 11) is 0. The third kappa shape index (κ3) is 0.939. The standard InChI is InChI=1S/C8H13NO/c1-4-9-7(3)5-6(2)8(9)10/h5,7H,4H2,1-3H3. The Kier molecular flexibility index (Phi) is 1.79. The first-order valence-corrected chi connectivity index (χ1v) is 3.66. The summed E-state index contributed by atoms with van der Waals surface area (Å²) in [4.78, 5) is 13.1. The molecular weight excluding hydrogens is 126 g/mol. The Morgan fingerprint density at radius 2 is 2.30 bits per heavy atom. The van der Waals surface area contributed by atoms with Crippen LogP contribution in [-0.4, -0.2) is 23.4 Å². The van der Waals surface area contributed by atoms with E-state index in [2.05, 4.69) is 0 Å². The SMILES string of the molecule is CCN1C(=O)C(C)=CC1C. The molecule has 0 radical (unpaired) electrons. The van der Waals surface area contributed by atoms with E-state index in [1.165, 1.54) is 0 Å². The van der Waals surface area contributed by atoms with Crippen molar-refractivity contribution in [3.63, 3.8) is 0 Å². The summed E-state index contributed by atoms with van der Waals surface area (Å²) >= 11 is 0. The first kappa shape index (κ1) is 7.32. The maximum Gasteiger partial charge on any atom is 0.249 e. The van der Waals surface area contributed by atoms with Crippen LogP contribution in [0.25, 0.3) is 0 Å². The minimum absolute atomic E-state index is 0.190. The summed E-state index contributed by atoms with van der Waals surface area (Å²) in [5.41, 5.74) is 0.884. The van der Waals surface area contributed by atoms with Gasteiger partial charge in [0.25, 0.3) is 0 Å². The van der Waals surface area contributed by atoms with Crippen molar-refractivity contribution >= 4 is 5.91 Å². The summed E-state index contributed by atoms with van der Waals surface area (Å²) in [6, 6.07) is 0.303. The Bertz CT molecular complexity index is 184. The van der Waals surface area contributed by atoms with Crippen molar-refractivity contribution in [2.24, 2.45) is 0 Å². The number of carbonyl (C=O) groups is 1. The van der Waals surface area contributed by atoms with Gasteiger partial charge in [-0.25, -0.2) is 0 Å². The van der Waals surface area contributed by atoms with E-state index in [-0.39, 0.29) is 5.91 Å². The van der Waals surface area contributed by atoms with Gasteiger partial charge in [-0.2, -0.15) is 0 Å². The molecule has 0 spiro atoms. The fourth-order valence-electron chi connectivity index (χ4n) is 1.37. The third-order valence-electron chi connectivity index (χ3n) is 1.92. The Balaban J connectivity index is 2.76. The van der Waals surface area contributed by atoms with Crippen molar-refractivity contribution in [1.82, 2.24) is 4.90 Å². The van der Waals surface area contributed by atoms with Gasteiger partial charge in [0.05, 0.1) is 0 Å². The van der Waals surface area contributed by atoms with Crippen molar-refractivity contribution in [3.8, 4) is 0 Å². The lowest BCUT2D eigenvalue weighted by Gasteiger charge is -2.18.